The molecule has 0 unspecified atom stereocenters. The molecule has 2 aromatic heterocycles. The predicted molar refractivity (Wildman–Crippen MR) is 85.5 cm³/mol. The Hall–Kier alpha value is -1.97. The second kappa shape index (κ2) is 6.03. The van der Waals surface area contributed by atoms with E-state index in [9.17, 15) is 0 Å². The van der Waals surface area contributed by atoms with Crippen LogP contribution in [0.4, 0.5) is 0 Å². The molecule has 0 radical (unpaired) electrons. The zero-order valence-corrected chi connectivity index (χ0v) is 13.1. The summed E-state index contributed by atoms with van der Waals surface area (Å²) in [4.78, 5) is 4.38. The largest absolute Gasteiger partial charge is 0.312 e. The lowest BCUT2D eigenvalue weighted by Crippen LogP contribution is -2.22. The lowest BCUT2D eigenvalue weighted by molar-refractivity contribution is 0.487. The fraction of sp³-hybridized carbons (Fsp3) is 0.467. The van der Waals surface area contributed by atoms with Crippen LogP contribution < -0.4 is 5.32 Å². The molecular formula is C15H17ClN6. The van der Waals surface area contributed by atoms with Crippen LogP contribution in [0.3, 0.4) is 0 Å². The number of rotatable bonds is 7. The van der Waals surface area contributed by atoms with Gasteiger partial charge in [0.05, 0.1) is 6.20 Å². The smallest absolute Gasteiger partial charge is 0.193 e. The van der Waals surface area contributed by atoms with Gasteiger partial charge in [-0.3, -0.25) is 4.68 Å². The summed E-state index contributed by atoms with van der Waals surface area (Å²) in [5.41, 5.74) is 1.51. The first kappa shape index (κ1) is 14.9. The number of aryl methyl sites for hydroxylation is 1. The van der Waals surface area contributed by atoms with Crippen LogP contribution in [0.5, 0.6) is 0 Å². The van der Waals surface area contributed by atoms with Gasteiger partial charge in [0, 0.05) is 43.8 Å². The van der Waals surface area contributed by atoms with Crippen molar-refractivity contribution in [2.75, 3.05) is 6.54 Å². The molecule has 0 saturated carbocycles. The van der Waals surface area contributed by atoms with E-state index in [2.05, 4.69) is 31.5 Å². The van der Waals surface area contributed by atoms with Crippen molar-refractivity contribution in [3.63, 3.8) is 0 Å². The maximum absolute atomic E-state index is 6.23. The summed E-state index contributed by atoms with van der Waals surface area (Å²) in [5, 5.41) is 17.3. The molecule has 3 rings (SSSR count). The zero-order valence-electron chi connectivity index (χ0n) is 12.4. The molecule has 0 bridgehead atoms. The molecule has 1 N–H and O–H groups in total. The van der Waals surface area contributed by atoms with E-state index in [0.29, 0.717) is 18.1 Å². The number of hydrogen-bond donors (Lipinski definition) is 1. The summed E-state index contributed by atoms with van der Waals surface area (Å²) >= 11 is 6.23. The Labute approximate surface area is 134 Å². The molecule has 114 valence electrons. The monoisotopic (exact) mass is 316 g/mol. The summed E-state index contributed by atoms with van der Waals surface area (Å²) in [6, 6.07) is 2.02. The summed E-state index contributed by atoms with van der Waals surface area (Å²) in [5.74, 6) is 2.63. The summed E-state index contributed by atoms with van der Waals surface area (Å²) < 4.78 is 1.71. The van der Waals surface area contributed by atoms with Gasteiger partial charge in [-0.2, -0.15) is 15.3 Å². The molecule has 0 saturated heterocycles. The highest BCUT2D eigenvalue weighted by atomic mass is 35.5. The topological polar surface area (TPSA) is 67.5 Å². The Kier molecular flexibility index (Phi) is 4.10. The maximum atomic E-state index is 6.23. The normalized spacial score (nSPS) is 15.1. The van der Waals surface area contributed by atoms with Gasteiger partial charge in [-0.05, 0) is 12.6 Å². The number of fused-ring (bicyclic) bond motifs is 1. The standard InChI is InChI=1S/C15H17ClN6/c1-3-4-5-15(20-21-15)6-7-17-9-11-8-12-10-18-22(2)14(12)19-13(11)16/h1,8,10,17H,4-7,9H2,2H3. The highest BCUT2D eigenvalue weighted by Gasteiger charge is 2.38. The summed E-state index contributed by atoms with van der Waals surface area (Å²) in [6.45, 7) is 1.46. The molecule has 0 atom stereocenters. The Morgan fingerprint density at radius 3 is 2.95 bits per heavy atom. The molecule has 1 aliphatic heterocycles. The van der Waals surface area contributed by atoms with Crippen LogP contribution in [0.25, 0.3) is 11.0 Å². The first-order valence-electron chi connectivity index (χ1n) is 7.19. The first-order chi connectivity index (χ1) is 10.6. The SMILES string of the molecule is C#CCCC1(CCNCc2cc3cnn(C)c3nc2Cl)N=N1. The van der Waals surface area contributed by atoms with Gasteiger partial charge in [-0.1, -0.05) is 11.6 Å². The van der Waals surface area contributed by atoms with E-state index in [1.54, 1.807) is 10.9 Å². The second-order valence-electron chi connectivity index (χ2n) is 5.43. The molecule has 2 aromatic rings. The van der Waals surface area contributed by atoms with Crippen molar-refractivity contribution in [1.82, 2.24) is 20.1 Å². The predicted octanol–water partition coefficient (Wildman–Crippen LogP) is 2.68. The molecule has 0 aromatic carbocycles. The Morgan fingerprint density at radius 1 is 1.41 bits per heavy atom. The van der Waals surface area contributed by atoms with Gasteiger partial charge in [-0.25, -0.2) is 4.98 Å². The quantitative estimate of drug-likeness (QED) is 0.485. The van der Waals surface area contributed by atoms with E-state index in [0.717, 1.165) is 36.0 Å². The fourth-order valence-corrected chi connectivity index (χ4v) is 2.60. The van der Waals surface area contributed by atoms with E-state index in [1.165, 1.54) is 0 Å². The molecule has 1 aliphatic rings. The molecule has 22 heavy (non-hydrogen) atoms. The van der Waals surface area contributed by atoms with E-state index >= 15 is 0 Å². The second-order valence-corrected chi connectivity index (χ2v) is 5.79. The minimum absolute atomic E-state index is 0.241. The first-order valence-corrected chi connectivity index (χ1v) is 7.57. The number of nitrogens with one attached hydrogen (secondary N) is 1. The summed E-state index contributed by atoms with van der Waals surface area (Å²) in [7, 11) is 1.85. The van der Waals surface area contributed by atoms with Crippen molar-refractivity contribution in [3.05, 3.63) is 23.0 Å². The minimum Gasteiger partial charge on any atom is -0.312 e. The Balaban J connectivity index is 1.54. The van der Waals surface area contributed by atoms with Gasteiger partial charge < -0.3 is 5.32 Å². The van der Waals surface area contributed by atoms with E-state index < -0.39 is 0 Å². The van der Waals surface area contributed by atoms with Gasteiger partial charge in [0.2, 0.25) is 0 Å². The lowest BCUT2D eigenvalue weighted by atomic mass is 10.0. The Morgan fingerprint density at radius 2 is 2.23 bits per heavy atom. The molecule has 0 fully saturated rings. The average molecular weight is 317 g/mol. The van der Waals surface area contributed by atoms with E-state index in [-0.39, 0.29) is 5.66 Å². The van der Waals surface area contributed by atoms with Crippen molar-refractivity contribution >= 4 is 22.6 Å². The average Bonchev–Trinajstić information content (AvgIpc) is 3.20. The molecule has 0 spiro atoms. The third-order valence-corrected chi connectivity index (χ3v) is 4.13. The van der Waals surface area contributed by atoms with Crippen molar-refractivity contribution in [2.45, 2.75) is 31.5 Å². The zero-order chi connectivity index (χ0) is 15.6. The maximum Gasteiger partial charge on any atom is 0.193 e. The van der Waals surface area contributed by atoms with Crippen molar-refractivity contribution < 1.29 is 0 Å². The number of aromatic nitrogens is 3. The van der Waals surface area contributed by atoms with E-state index in [4.69, 9.17) is 18.0 Å². The van der Waals surface area contributed by atoms with Gasteiger partial charge in [0.15, 0.2) is 11.3 Å². The van der Waals surface area contributed by atoms with Gasteiger partial charge in [-0.15, -0.1) is 12.3 Å². The molecule has 0 aliphatic carbocycles. The van der Waals surface area contributed by atoms with E-state index in [1.807, 2.05) is 13.1 Å². The van der Waals surface area contributed by atoms with Crippen LogP contribution in [0.1, 0.15) is 24.8 Å². The molecule has 0 amide bonds. The van der Waals surface area contributed by atoms with Crippen molar-refractivity contribution in [1.29, 1.82) is 0 Å². The van der Waals surface area contributed by atoms with Crippen LogP contribution >= 0.6 is 11.6 Å². The molecule has 3 heterocycles. The van der Waals surface area contributed by atoms with Crippen molar-refractivity contribution in [3.8, 4) is 12.3 Å². The van der Waals surface area contributed by atoms with Crippen LogP contribution in [0.2, 0.25) is 5.15 Å². The van der Waals surface area contributed by atoms with Gasteiger partial charge >= 0.3 is 0 Å². The molecule has 6 nitrogen and oxygen atoms in total. The van der Waals surface area contributed by atoms with Crippen molar-refractivity contribution in [2.24, 2.45) is 17.3 Å². The third-order valence-electron chi connectivity index (χ3n) is 3.80. The number of pyridine rings is 1. The third kappa shape index (κ3) is 3.11. The number of halogens is 1. The minimum atomic E-state index is -0.241. The number of terminal acetylenes is 1. The summed E-state index contributed by atoms with van der Waals surface area (Å²) in [6.07, 6.45) is 9.46. The molecule has 7 heteroatoms. The van der Waals surface area contributed by atoms with Crippen LogP contribution in [0.15, 0.2) is 22.5 Å². The number of hydrogen-bond acceptors (Lipinski definition) is 5. The van der Waals surface area contributed by atoms with Gasteiger partial charge in [0.25, 0.3) is 0 Å². The Bertz CT molecular complexity index is 751. The van der Waals surface area contributed by atoms with Crippen LogP contribution in [-0.2, 0) is 13.6 Å². The van der Waals surface area contributed by atoms with Crippen LogP contribution in [0, 0.1) is 12.3 Å². The highest BCUT2D eigenvalue weighted by molar-refractivity contribution is 6.30. The molecular weight excluding hydrogens is 300 g/mol. The number of nitrogens with zero attached hydrogens (tertiary/aromatic N) is 5. The van der Waals surface area contributed by atoms with Gasteiger partial charge in [0.1, 0.15) is 5.15 Å². The fourth-order valence-electron chi connectivity index (χ4n) is 2.40. The lowest BCUT2D eigenvalue weighted by Gasteiger charge is -2.10. The van der Waals surface area contributed by atoms with Crippen LogP contribution in [-0.4, -0.2) is 27.0 Å². The highest BCUT2D eigenvalue weighted by Crippen LogP contribution is 2.36.